The number of rotatable bonds is 6. The van der Waals surface area contributed by atoms with Crippen molar-refractivity contribution in [1.29, 1.82) is 0 Å². The Morgan fingerprint density at radius 2 is 2.35 bits per heavy atom. The summed E-state index contributed by atoms with van der Waals surface area (Å²) in [6.45, 7) is 1.45. The van der Waals surface area contributed by atoms with Gasteiger partial charge in [0.1, 0.15) is 6.61 Å². The fourth-order valence-electron chi connectivity index (χ4n) is 2.57. The Hall–Kier alpha value is -1.33. The highest BCUT2D eigenvalue weighted by molar-refractivity contribution is 6.30. The molecule has 1 fully saturated rings. The number of pyridine rings is 1. The van der Waals surface area contributed by atoms with Gasteiger partial charge in [0.05, 0.1) is 11.6 Å². The van der Waals surface area contributed by atoms with Crippen LogP contribution in [-0.4, -0.2) is 30.6 Å². The number of nitrogens with zero attached hydrogens (tertiary/aromatic N) is 1. The second kappa shape index (κ2) is 7.45. The lowest BCUT2D eigenvalue weighted by molar-refractivity contribution is -0.126. The molecule has 2 atom stereocenters. The third-order valence-electron chi connectivity index (χ3n) is 3.65. The number of halogens is 1. The largest absolute Gasteiger partial charge is 0.476 e. The summed E-state index contributed by atoms with van der Waals surface area (Å²) >= 11 is 5.73. The van der Waals surface area contributed by atoms with Gasteiger partial charge in [-0.3, -0.25) is 4.79 Å². The minimum absolute atomic E-state index is 0.0636. The molecule has 6 heteroatoms. The van der Waals surface area contributed by atoms with E-state index in [2.05, 4.69) is 10.3 Å². The molecule has 5 nitrogen and oxygen atoms in total. The van der Waals surface area contributed by atoms with E-state index in [0.717, 1.165) is 19.3 Å². The smallest absolute Gasteiger partial charge is 0.223 e. The van der Waals surface area contributed by atoms with Crippen molar-refractivity contribution in [2.24, 2.45) is 17.6 Å². The van der Waals surface area contributed by atoms with Gasteiger partial charge in [-0.25, -0.2) is 4.98 Å². The topological polar surface area (TPSA) is 77.2 Å². The van der Waals surface area contributed by atoms with Crippen LogP contribution in [0.3, 0.4) is 0 Å². The van der Waals surface area contributed by atoms with E-state index in [9.17, 15) is 4.79 Å². The second-order valence-corrected chi connectivity index (χ2v) is 5.42. The first kappa shape index (κ1) is 15.1. The summed E-state index contributed by atoms with van der Waals surface area (Å²) in [5, 5.41) is 3.47. The predicted molar refractivity (Wildman–Crippen MR) is 77.6 cm³/mol. The third-order valence-corrected chi connectivity index (χ3v) is 3.87. The number of ether oxygens (including phenoxy) is 1. The van der Waals surface area contributed by atoms with Crippen molar-refractivity contribution in [2.45, 2.75) is 19.3 Å². The fourth-order valence-corrected chi connectivity index (χ4v) is 2.68. The molecule has 1 aliphatic carbocycles. The highest BCUT2D eigenvalue weighted by atomic mass is 35.5. The van der Waals surface area contributed by atoms with Crippen LogP contribution in [-0.2, 0) is 4.79 Å². The van der Waals surface area contributed by atoms with Crippen LogP contribution in [0.25, 0.3) is 0 Å². The Balaban J connectivity index is 1.68. The Labute approximate surface area is 123 Å². The quantitative estimate of drug-likeness (QED) is 0.782. The van der Waals surface area contributed by atoms with Gasteiger partial charge in [0, 0.05) is 18.2 Å². The molecule has 0 saturated heterocycles. The normalized spacial score (nSPS) is 21.7. The van der Waals surface area contributed by atoms with Crippen LogP contribution in [0.4, 0.5) is 0 Å². The summed E-state index contributed by atoms with van der Waals surface area (Å²) in [6, 6.07) is 3.42. The maximum absolute atomic E-state index is 12.0. The highest BCUT2D eigenvalue weighted by Crippen LogP contribution is 2.30. The van der Waals surface area contributed by atoms with Crippen LogP contribution in [0.15, 0.2) is 18.3 Å². The Kier molecular flexibility index (Phi) is 5.61. The van der Waals surface area contributed by atoms with E-state index in [0.29, 0.717) is 36.5 Å². The SMILES string of the molecule is NC[C@H]1CCC[C@H]1C(=O)NCCOc1ccc(Cl)cn1. The van der Waals surface area contributed by atoms with E-state index < -0.39 is 0 Å². The van der Waals surface area contributed by atoms with Crippen molar-refractivity contribution in [3.8, 4) is 5.88 Å². The summed E-state index contributed by atoms with van der Waals surface area (Å²) in [5.41, 5.74) is 5.68. The molecule has 110 valence electrons. The molecule has 20 heavy (non-hydrogen) atoms. The molecular formula is C14H20ClN3O2. The minimum Gasteiger partial charge on any atom is -0.476 e. The molecule has 2 rings (SSSR count). The number of aromatic nitrogens is 1. The van der Waals surface area contributed by atoms with E-state index in [1.165, 1.54) is 6.20 Å². The van der Waals surface area contributed by atoms with Crippen LogP contribution in [0.1, 0.15) is 19.3 Å². The lowest BCUT2D eigenvalue weighted by Gasteiger charge is -2.17. The van der Waals surface area contributed by atoms with E-state index in [1.807, 2.05) is 0 Å². The molecule has 0 radical (unpaired) electrons. The minimum atomic E-state index is 0.0636. The number of hydrogen-bond donors (Lipinski definition) is 2. The number of carbonyl (C=O) groups excluding carboxylic acids is 1. The van der Waals surface area contributed by atoms with Crippen LogP contribution in [0, 0.1) is 11.8 Å². The number of hydrogen-bond acceptors (Lipinski definition) is 4. The van der Waals surface area contributed by atoms with Gasteiger partial charge in [0.15, 0.2) is 0 Å². The Morgan fingerprint density at radius 3 is 3.05 bits per heavy atom. The molecule has 3 N–H and O–H groups in total. The van der Waals surface area contributed by atoms with Gasteiger partial charge in [-0.05, 0) is 31.4 Å². The van der Waals surface area contributed by atoms with E-state index in [4.69, 9.17) is 22.1 Å². The maximum Gasteiger partial charge on any atom is 0.223 e. The molecule has 1 aromatic rings. The summed E-state index contributed by atoms with van der Waals surface area (Å²) < 4.78 is 5.42. The zero-order chi connectivity index (χ0) is 14.4. The van der Waals surface area contributed by atoms with Crippen LogP contribution < -0.4 is 15.8 Å². The van der Waals surface area contributed by atoms with Crippen molar-refractivity contribution in [2.75, 3.05) is 19.7 Å². The van der Waals surface area contributed by atoms with Crippen molar-refractivity contribution < 1.29 is 9.53 Å². The zero-order valence-electron chi connectivity index (χ0n) is 11.3. The van der Waals surface area contributed by atoms with Crippen molar-refractivity contribution in [3.63, 3.8) is 0 Å². The molecule has 0 aliphatic heterocycles. The summed E-state index contributed by atoms with van der Waals surface area (Å²) in [6.07, 6.45) is 4.61. The standard InChI is InChI=1S/C14H20ClN3O2/c15-11-4-5-13(18-9-11)20-7-6-17-14(19)12-3-1-2-10(12)8-16/h4-5,9-10,12H,1-3,6-8,16H2,(H,17,19)/t10-,12-/m1/s1. The molecule has 1 amide bonds. The molecule has 0 unspecified atom stereocenters. The predicted octanol–water partition coefficient (Wildman–Crippen LogP) is 1.60. The highest BCUT2D eigenvalue weighted by Gasteiger charge is 2.31. The monoisotopic (exact) mass is 297 g/mol. The molecule has 1 aromatic heterocycles. The van der Waals surface area contributed by atoms with Crippen LogP contribution >= 0.6 is 11.6 Å². The molecule has 1 aliphatic rings. The second-order valence-electron chi connectivity index (χ2n) is 4.99. The van der Waals surface area contributed by atoms with Gasteiger partial charge < -0.3 is 15.8 Å². The van der Waals surface area contributed by atoms with E-state index >= 15 is 0 Å². The van der Waals surface area contributed by atoms with Gasteiger partial charge in [-0.15, -0.1) is 0 Å². The van der Waals surface area contributed by atoms with E-state index in [1.54, 1.807) is 12.1 Å². The average molecular weight is 298 g/mol. The van der Waals surface area contributed by atoms with Crippen molar-refractivity contribution >= 4 is 17.5 Å². The van der Waals surface area contributed by atoms with Gasteiger partial charge in [0.25, 0.3) is 0 Å². The van der Waals surface area contributed by atoms with Crippen molar-refractivity contribution in [1.82, 2.24) is 10.3 Å². The number of amides is 1. The number of nitrogens with two attached hydrogens (primary N) is 1. The van der Waals surface area contributed by atoms with Gasteiger partial charge >= 0.3 is 0 Å². The van der Waals surface area contributed by atoms with Gasteiger partial charge in [-0.2, -0.15) is 0 Å². The summed E-state index contributed by atoms with van der Waals surface area (Å²) in [7, 11) is 0. The van der Waals surface area contributed by atoms with E-state index in [-0.39, 0.29) is 11.8 Å². The fraction of sp³-hybridized carbons (Fsp3) is 0.571. The van der Waals surface area contributed by atoms with Crippen LogP contribution in [0.2, 0.25) is 5.02 Å². The average Bonchev–Trinajstić information content (AvgIpc) is 2.94. The molecule has 0 bridgehead atoms. The molecule has 0 aromatic carbocycles. The first-order chi connectivity index (χ1) is 9.70. The number of carbonyl (C=O) groups is 1. The third kappa shape index (κ3) is 4.08. The molecule has 0 spiro atoms. The maximum atomic E-state index is 12.0. The molecular weight excluding hydrogens is 278 g/mol. The number of nitrogens with one attached hydrogen (secondary N) is 1. The summed E-state index contributed by atoms with van der Waals surface area (Å²) in [4.78, 5) is 16.0. The molecule has 1 heterocycles. The molecule has 1 saturated carbocycles. The van der Waals surface area contributed by atoms with Crippen LogP contribution in [0.5, 0.6) is 5.88 Å². The summed E-state index contributed by atoms with van der Waals surface area (Å²) in [5.74, 6) is 0.984. The Morgan fingerprint density at radius 1 is 1.50 bits per heavy atom. The zero-order valence-corrected chi connectivity index (χ0v) is 12.1. The Bertz CT molecular complexity index is 439. The van der Waals surface area contributed by atoms with Gasteiger partial charge in [-0.1, -0.05) is 18.0 Å². The lowest BCUT2D eigenvalue weighted by atomic mass is 9.95. The van der Waals surface area contributed by atoms with Crippen molar-refractivity contribution in [3.05, 3.63) is 23.4 Å². The lowest BCUT2D eigenvalue weighted by Crippen LogP contribution is -2.37. The first-order valence-corrected chi connectivity index (χ1v) is 7.30. The first-order valence-electron chi connectivity index (χ1n) is 6.93. The van der Waals surface area contributed by atoms with Gasteiger partial charge in [0.2, 0.25) is 11.8 Å².